The molecule has 1 fully saturated rings. The van der Waals surface area contributed by atoms with Crippen LogP contribution in [-0.4, -0.2) is 21.7 Å². The largest absolute Gasteiger partial charge is 0.507 e. The van der Waals surface area contributed by atoms with Gasteiger partial charge in [-0.15, -0.1) is 0 Å². The van der Waals surface area contributed by atoms with Crippen LogP contribution in [0.15, 0.2) is 88.9 Å². The van der Waals surface area contributed by atoms with Gasteiger partial charge in [0, 0.05) is 16.6 Å². The summed E-state index contributed by atoms with van der Waals surface area (Å²) < 4.78 is 0.893. The number of halogens is 1. The van der Waals surface area contributed by atoms with Crippen LogP contribution < -0.4 is 0 Å². The lowest BCUT2D eigenvalue weighted by Crippen LogP contribution is -2.29. The monoisotopic (exact) mass is 461 g/mol. The van der Waals surface area contributed by atoms with Crippen molar-refractivity contribution in [1.29, 1.82) is 0 Å². The summed E-state index contributed by atoms with van der Waals surface area (Å²) in [6, 6.07) is 23.6. The maximum atomic E-state index is 13.0. The average Bonchev–Trinajstić information content (AvgIpc) is 3.00. The van der Waals surface area contributed by atoms with Gasteiger partial charge in [-0.25, -0.2) is 0 Å². The zero-order chi connectivity index (χ0) is 21.3. The van der Waals surface area contributed by atoms with E-state index in [4.69, 9.17) is 0 Å². The Morgan fingerprint density at radius 3 is 2.20 bits per heavy atom. The van der Waals surface area contributed by atoms with Gasteiger partial charge in [-0.05, 0) is 30.2 Å². The average molecular weight is 462 g/mol. The van der Waals surface area contributed by atoms with Crippen molar-refractivity contribution in [2.45, 2.75) is 19.5 Å². The van der Waals surface area contributed by atoms with Crippen LogP contribution >= 0.6 is 15.9 Å². The predicted octanol–water partition coefficient (Wildman–Crippen LogP) is 5.38. The maximum absolute atomic E-state index is 13.0. The Balaban J connectivity index is 1.85. The number of aryl methyl sites for hydroxylation is 1. The van der Waals surface area contributed by atoms with Crippen molar-refractivity contribution in [3.8, 4) is 0 Å². The minimum Gasteiger partial charge on any atom is -0.507 e. The molecule has 1 saturated heterocycles. The zero-order valence-corrected chi connectivity index (χ0v) is 18.0. The molecule has 0 bridgehead atoms. The summed E-state index contributed by atoms with van der Waals surface area (Å²) >= 11 is 3.43. The first-order chi connectivity index (χ1) is 14.5. The molecular weight excluding hydrogens is 442 g/mol. The molecule has 1 aliphatic heterocycles. The topological polar surface area (TPSA) is 57.6 Å². The first kappa shape index (κ1) is 20.1. The fourth-order valence-electron chi connectivity index (χ4n) is 3.68. The molecule has 4 nitrogen and oxygen atoms in total. The van der Waals surface area contributed by atoms with Crippen LogP contribution in [0, 0.1) is 6.92 Å². The highest BCUT2D eigenvalue weighted by Gasteiger charge is 2.46. The molecule has 5 heteroatoms. The lowest BCUT2D eigenvalue weighted by molar-refractivity contribution is -0.140. The number of amides is 1. The van der Waals surface area contributed by atoms with Crippen LogP contribution in [0.2, 0.25) is 0 Å². The minimum absolute atomic E-state index is 0.113. The van der Waals surface area contributed by atoms with Crippen molar-refractivity contribution >= 4 is 33.4 Å². The molecule has 1 unspecified atom stereocenters. The number of aliphatic hydroxyl groups is 1. The van der Waals surface area contributed by atoms with Gasteiger partial charge in [0.05, 0.1) is 11.6 Å². The molecule has 1 atom stereocenters. The van der Waals surface area contributed by atoms with E-state index in [1.54, 1.807) is 12.1 Å². The summed E-state index contributed by atoms with van der Waals surface area (Å²) in [5, 5.41) is 11.0. The van der Waals surface area contributed by atoms with Gasteiger partial charge >= 0.3 is 0 Å². The highest BCUT2D eigenvalue weighted by molar-refractivity contribution is 9.10. The standard InChI is InChI=1S/C25H20BrNO3/c1-16-7-9-19(10-8-16)23(28)21-22(18-11-13-20(26)14-12-18)27(25(30)24(21)29)15-17-5-3-2-4-6-17/h2-14,22,28H,15H2,1H3/b23-21+. The van der Waals surface area contributed by atoms with E-state index in [0.29, 0.717) is 5.56 Å². The predicted molar refractivity (Wildman–Crippen MR) is 120 cm³/mol. The van der Waals surface area contributed by atoms with E-state index in [1.165, 1.54) is 4.90 Å². The molecule has 1 aliphatic rings. The molecule has 1 heterocycles. The van der Waals surface area contributed by atoms with E-state index in [-0.39, 0.29) is 17.9 Å². The van der Waals surface area contributed by atoms with Crippen LogP contribution in [0.4, 0.5) is 0 Å². The van der Waals surface area contributed by atoms with E-state index in [2.05, 4.69) is 15.9 Å². The Kier molecular flexibility index (Phi) is 5.55. The number of carbonyl (C=O) groups excluding carboxylic acids is 2. The van der Waals surface area contributed by atoms with Crippen molar-refractivity contribution in [2.24, 2.45) is 0 Å². The third kappa shape index (κ3) is 3.81. The fraction of sp³-hybridized carbons (Fsp3) is 0.120. The van der Waals surface area contributed by atoms with Crippen molar-refractivity contribution in [2.75, 3.05) is 0 Å². The number of hydrogen-bond donors (Lipinski definition) is 1. The van der Waals surface area contributed by atoms with E-state index < -0.39 is 17.7 Å². The van der Waals surface area contributed by atoms with Crippen molar-refractivity contribution in [3.63, 3.8) is 0 Å². The van der Waals surface area contributed by atoms with E-state index in [0.717, 1.165) is 21.2 Å². The molecule has 3 aromatic carbocycles. The van der Waals surface area contributed by atoms with Gasteiger partial charge in [-0.1, -0.05) is 88.2 Å². The molecule has 0 aromatic heterocycles. The summed E-state index contributed by atoms with van der Waals surface area (Å²) in [5.41, 5.74) is 3.35. The van der Waals surface area contributed by atoms with Gasteiger partial charge in [0.25, 0.3) is 11.7 Å². The smallest absolute Gasteiger partial charge is 0.295 e. The van der Waals surface area contributed by atoms with Gasteiger partial charge in [-0.2, -0.15) is 0 Å². The molecule has 0 radical (unpaired) electrons. The molecule has 3 aromatic rings. The van der Waals surface area contributed by atoms with Crippen LogP contribution in [-0.2, 0) is 16.1 Å². The first-order valence-corrected chi connectivity index (χ1v) is 10.4. The number of nitrogens with zero attached hydrogens (tertiary/aromatic N) is 1. The summed E-state index contributed by atoms with van der Waals surface area (Å²) in [6.07, 6.45) is 0. The summed E-state index contributed by atoms with van der Waals surface area (Å²) in [6.45, 7) is 2.22. The van der Waals surface area contributed by atoms with Crippen LogP contribution in [0.25, 0.3) is 5.76 Å². The van der Waals surface area contributed by atoms with E-state index in [1.807, 2.05) is 73.7 Å². The second-order valence-corrected chi connectivity index (χ2v) is 8.25. The molecule has 0 saturated carbocycles. The second kappa shape index (κ2) is 8.28. The lowest BCUT2D eigenvalue weighted by atomic mass is 9.95. The van der Waals surface area contributed by atoms with Gasteiger partial charge in [0.2, 0.25) is 0 Å². The maximum Gasteiger partial charge on any atom is 0.295 e. The van der Waals surface area contributed by atoms with Gasteiger partial charge in [-0.3, -0.25) is 9.59 Å². The molecule has 4 rings (SSSR count). The molecule has 0 aliphatic carbocycles. The minimum atomic E-state index is -0.670. The Morgan fingerprint density at radius 1 is 0.933 bits per heavy atom. The third-order valence-corrected chi connectivity index (χ3v) is 5.78. The molecule has 150 valence electrons. The highest BCUT2D eigenvalue weighted by Crippen LogP contribution is 2.40. The summed E-state index contributed by atoms with van der Waals surface area (Å²) in [5.74, 6) is -1.44. The van der Waals surface area contributed by atoms with Crippen LogP contribution in [0.1, 0.15) is 28.3 Å². The molecule has 1 N–H and O–H groups in total. The molecular formula is C25H20BrNO3. The van der Waals surface area contributed by atoms with Gasteiger partial charge < -0.3 is 10.0 Å². The number of Topliss-reactive ketones (excluding diaryl/α,β-unsaturated/α-hetero) is 1. The number of rotatable bonds is 4. The summed E-state index contributed by atoms with van der Waals surface area (Å²) in [4.78, 5) is 27.5. The SMILES string of the molecule is Cc1ccc(/C(O)=C2\C(=O)C(=O)N(Cc3ccccc3)C2c2ccc(Br)cc2)cc1. The number of ketones is 1. The Hall–Kier alpha value is -3.18. The lowest BCUT2D eigenvalue weighted by Gasteiger charge is -2.25. The number of hydrogen-bond acceptors (Lipinski definition) is 3. The van der Waals surface area contributed by atoms with Crippen LogP contribution in [0.3, 0.4) is 0 Å². The van der Waals surface area contributed by atoms with E-state index in [9.17, 15) is 14.7 Å². The number of carbonyl (C=O) groups is 2. The van der Waals surface area contributed by atoms with E-state index >= 15 is 0 Å². The molecule has 0 spiro atoms. The quantitative estimate of drug-likeness (QED) is 0.322. The number of likely N-dealkylation sites (tertiary alicyclic amines) is 1. The van der Waals surface area contributed by atoms with Gasteiger partial charge in [0.1, 0.15) is 5.76 Å². The third-order valence-electron chi connectivity index (χ3n) is 5.25. The zero-order valence-electron chi connectivity index (χ0n) is 16.4. The molecule has 30 heavy (non-hydrogen) atoms. The number of benzene rings is 3. The normalized spacial score (nSPS) is 18.1. The fourth-order valence-corrected chi connectivity index (χ4v) is 3.95. The Labute approximate surface area is 183 Å². The number of aliphatic hydroxyl groups excluding tert-OH is 1. The second-order valence-electron chi connectivity index (χ2n) is 7.33. The van der Waals surface area contributed by atoms with Crippen molar-refractivity contribution in [1.82, 2.24) is 4.90 Å². The van der Waals surface area contributed by atoms with Crippen molar-refractivity contribution < 1.29 is 14.7 Å². The Morgan fingerprint density at radius 2 is 1.57 bits per heavy atom. The van der Waals surface area contributed by atoms with Crippen LogP contribution in [0.5, 0.6) is 0 Å². The highest BCUT2D eigenvalue weighted by atomic mass is 79.9. The van der Waals surface area contributed by atoms with Gasteiger partial charge in [0.15, 0.2) is 0 Å². The van der Waals surface area contributed by atoms with Crippen molar-refractivity contribution in [3.05, 3.63) is 111 Å². The first-order valence-electron chi connectivity index (χ1n) is 9.60. The Bertz CT molecular complexity index is 1120. The summed E-state index contributed by atoms with van der Waals surface area (Å²) in [7, 11) is 0. The molecule has 1 amide bonds.